The molecule has 0 saturated heterocycles. The molecular weight excluding hydrogens is 296 g/mol. The molecule has 0 radical (unpaired) electrons. The standard InChI is InChI=1S/C15H16N6O2/c1-10(22)21-11-3-2-4-12(7-11)23-6-5-16-14-13-15(18-8-17-13)20-9-19-14/h2-4,7-9H,5-6H2,1H3,(H,21,22)(H2,16,17,18,19,20). The van der Waals surface area contributed by atoms with Crippen LogP contribution in [-0.4, -0.2) is 39.0 Å². The number of nitrogens with zero attached hydrogens (tertiary/aromatic N) is 3. The van der Waals surface area contributed by atoms with Gasteiger partial charge in [0.2, 0.25) is 5.91 Å². The molecule has 8 heteroatoms. The highest BCUT2D eigenvalue weighted by molar-refractivity contribution is 5.88. The molecule has 3 rings (SSSR count). The second-order valence-electron chi connectivity index (χ2n) is 4.81. The summed E-state index contributed by atoms with van der Waals surface area (Å²) in [7, 11) is 0. The fourth-order valence-electron chi connectivity index (χ4n) is 2.10. The van der Waals surface area contributed by atoms with Crippen LogP contribution in [0, 0.1) is 0 Å². The number of aromatic nitrogens is 4. The van der Waals surface area contributed by atoms with Crippen LogP contribution in [0.2, 0.25) is 0 Å². The van der Waals surface area contributed by atoms with E-state index in [0.717, 1.165) is 5.52 Å². The van der Waals surface area contributed by atoms with E-state index >= 15 is 0 Å². The topological polar surface area (TPSA) is 105 Å². The molecule has 0 aliphatic rings. The van der Waals surface area contributed by atoms with Crippen LogP contribution in [-0.2, 0) is 4.79 Å². The maximum atomic E-state index is 11.0. The van der Waals surface area contributed by atoms with Crippen LogP contribution in [0.4, 0.5) is 11.5 Å². The average Bonchev–Trinajstić information content (AvgIpc) is 3.00. The summed E-state index contributed by atoms with van der Waals surface area (Å²) in [5.41, 5.74) is 2.09. The second kappa shape index (κ2) is 6.73. The van der Waals surface area contributed by atoms with Crippen molar-refractivity contribution in [3.8, 4) is 5.75 Å². The molecule has 0 unspecified atom stereocenters. The Hall–Kier alpha value is -3.16. The van der Waals surface area contributed by atoms with E-state index in [-0.39, 0.29) is 5.91 Å². The van der Waals surface area contributed by atoms with E-state index in [4.69, 9.17) is 4.74 Å². The van der Waals surface area contributed by atoms with Crippen LogP contribution in [0.3, 0.4) is 0 Å². The Labute approximate surface area is 132 Å². The zero-order chi connectivity index (χ0) is 16.1. The highest BCUT2D eigenvalue weighted by Crippen LogP contribution is 2.17. The molecule has 8 nitrogen and oxygen atoms in total. The van der Waals surface area contributed by atoms with Gasteiger partial charge < -0.3 is 20.4 Å². The molecule has 0 saturated carbocycles. The summed E-state index contributed by atoms with van der Waals surface area (Å²) in [5, 5.41) is 5.89. The first-order valence-corrected chi connectivity index (χ1v) is 7.11. The molecule has 0 fully saturated rings. The van der Waals surface area contributed by atoms with E-state index in [9.17, 15) is 4.79 Å². The van der Waals surface area contributed by atoms with Gasteiger partial charge in [-0.25, -0.2) is 15.0 Å². The highest BCUT2D eigenvalue weighted by atomic mass is 16.5. The van der Waals surface area contributed by atoms with Crippen molar-refractivity contribution in [2.75, 3.05) is 23.8 Å². The predicted octanol–water partition coefficient (Wildman–Crippen LogP) is 1.80. The number of amides is 1. The number of fused-ring (bicyclic) bond motifs is 1. The van der Waals surface area contributed by atoms with Gasteiger partial charge in [-0.05, 0) is 12.1 Å². The third kappa shape index (κ3) is 3.73. The Morgan fingerprint density at radius 2 is 2.22 bits per heavy atom. The quantitative estimate of drug-likeness (QED) is 0.599. The number of H-pyrrole nitrogens is 1. The first-order valence-electron chi connectivity index (χ1n) is 7.11. The van der Waals surface area contributed by atoms with Crippen molar-refractivity contribution in [2.24, 2.45) is 0 Å². The van der Waals surface area contributed by atoms with Crippen molar-refractivity contribution in [1.29, 1.82) is 0 Å². The molecule has 0 spiro atoms. The van der Waals surface area contributed by atoms with Gasteiger partial charge in [0.15, 0.2) is 11.5 Å². The Balaban J connectivity index is 1.54. The minimum atomic E-state index is -0.115. The molecule has 3 N–H and O–H groups in total. The molecule has 3 aromatic rings. The third-order valence-corrected chi connectivity index (χ3v) is 3.04. The SMILES string of the molecule is CC(=O)Nc1cccc(OCCNc2ncnc3nc[nH]c23)c1. The number of aromatic amines is 1. The first-order chi connectivity index (χ1) is 11.2. The maximum absolute atomic E-state index is 11.0. The van der Waals surface area contributed by atoms with Crippen LogP contribution in [0.1, 0.15) is 6.92 Å². The molecular formula is C15H16N6O2. The summed E-state index contributed by atoms with van der Waals surface area (Å²) in [6.07, 6.45) is 3.04. The third-order valence-electron chi connectivity index (χ3n) is 3.04. The van der Waals surface area contributed by atoms with Crippen LogP contribution >= 0.6 is 0 Å². The van der Waals surface area contributed by atoms with Crippen LogP contribution < -0.4 is 15.4 Å². The lowest BCUT2D eigenvalue weighted by Crippen LogP contribution is -2.13. The van der Waals surface area contributed by atoms with Gasteiger partial charge in [0.25, 0.3) is 0 Å². The molecule has 118 valence electrons. The second-order valence-corrected chi connectivity index (χ2v) is 4.81. The van der Waals surface area contributed by atoms with Gasteiger partial charge in [-0.1, -0.05) is 6.07 Å². The summed E-state index contributed by atoms with van der Waals surface area (Å²) in [5.74, 6) is 1.26. The number of hydrogen-bond donors (Lipinski definition) is 3. The summed E-state index contributed by atoms with van der Waals surface area (Å²) >= 11 is 0. The van der Waals surface area contributed by atoms with Gasteiger partial charge in [-0.3, -0.25) is 4.79 Å². The average molecular weight is 312 g/mol. The number of carbonyl (C=O) groups is 1. The zero-order valence-corrected chi connectivity index (χ0v) is 12.5. The predicted molar refractivity (Wildman–Crippen MR) is 86.4 cm³/mol. The number of carbonyl (C=O) groups excluding carboxylic acids is 1. The van der Waals surface area contributed by atoms with Gasteiger partial charge >= 0.3 is 0 Å². The summed E-state index contributed by atoms with van der Waals surface area (Å²) in [6.45, 7) is 2.48. The number of benzene rings is 1. The number of anilines is 2. The molecule has 1 aromatic carbocycles. The Bertz CT molecular complexity index is 816. The van der Waals surface area contributed by atoms with Crippen molar-refractivity contribution < 1.29 is 9.53 Å². The highest BCUT2D eigenvalue weighted by Gasteiger charge is 2.05. The van der Waals surface area contributed by atoms with Crippen LogP contribution in [0.15, 0.2) is 36.9 Å². The number of nitrogens with one attached hydrogen (secondary N) is 3. The molecule has 0 atom stereocenters. The monoisotopic (exact) mass is 312 g/mol. The van der Waals surface area contributed by atoms with Gasteiger partial charge in [0.05, 0.1) is 12.9 Å². The van der Waals surface area contributed by atoms with Crippen molar-refractivity contribution in [3.05, 3.63) is 36.9 Å². The van der Waals surface area contributed by atoms with E-state index in [1.165, 1.54) is 13.3 Å². The minimum Gasteiger partial charge on any atom is -0.492 e. The first kappa shape index (κ1) is 14.8. The number of rotatable bonds is 6. The maximum Gasteiger partial charge on any atom is 0.221 e. The molecule has 0 aliphatic carbocycles. The van der Waals surface area contributed by atoms with Gasteiger partial charge in [-0.2, -0.15) is 0 Å². The molecule has 23 heavy (non-hydrogen) atoms. The zero-order valence-electron chi connectivity index (χ0n) is 12.5. The summed E-state index contributed by atoms with van der Waals surface area (Å²) in [6, 6.07) is 7.25. The number of hydrogen-bond acceptors (Lipinski definition) is 6. The summed E-state index contributed by atoms with van der Waals surface area (Å²) < 4.78 is 5.66. The van der Waals surface area contributed by atoms with Crippen molar-refractivity contribution in [2.45, 2.75) is 6.92 Å². The van der Waals surface area contributed by atoms with E-state index in [0.29, 0.717) is 36.1 Å². The van der Waals surface area contributed by atoms with Crippen molar-refractivity contribution >= 4 is 28.6 Å². The number of ether oxygens (including phenoxy) is 1. The summed E-state index contributed by atoms with van der Waals surface area (Å²) in [4.78, 5) is 26.3. The molecule has 0 bridgehead atoms. The van der Waals surface area contributed by atoms with Crippen LogP contribution in [0.25, 0.3) is 11.2 Å². The smallest absolute Gasteiger partial charge is 0.221 e. The molecule has 1 amide bonds. The van der Waals surface area contributed by atoms with E-state index in [1.807, 2.05) is 18.2 Å². The lowest BCUT2D eigenvalue weighted by molar-refractivity contribution is -0.114. The normalized spacial score (nSPS) is 10.5. The Morgan fingerprint density at radius 1 is 1.30 bits per heavy atom. The van der Waals surface area contributed by atoms with Crippen molar-refractivity contribution in [1.82, 2.24) is 19.9 Å². The number of imidazole rings is 1. The van der Waals surface area contributed by atoms with Gasteiger partial charge in [0, 0.05) is 18.7 Å². The van der Waals surface area contributed by atoms with E-state index < -0.39 is 0 Å². The van der Waals surface area contributed by atoms with Crippen LogP contribution in [0.5, 0.6) is 5.75 Å². The van der Waals surface area contributed by atoms with E-state index in [1.54, 1.807) is 12.4 Å². The Kier molecular flexibility index (Phi) is 4.32. The lowest BCUT2D eigenvalue weighted by Gasteiger charge is -2.09. The van der Waals surface area contributed by atoms with E-state index in [2.05, 4.69) is 30.6 Å². The van der Waals surface area contributed by atoms with Crippen molar-refractivity contribution in [3.63, 3.8) is 0 Å². The Morgan fingerprint density at radius 3 is 3.09 bits per heavy atom. The lowest BCUT2D eigenvalue weighted by atomic mass is 10.3. The molecule has 0 aliphatic heterocycles. The fourth-order valence-corrected chi connectivity index (χ4v) is 2.10. The molecule has 2 heterocycles. The minimum absolute atomic E-state index is 0.115. The fraction of sp³-hybridized carbons (Fsp3) is 0.200. The van der Waals surface area contributed by atoms with Gasteiger partial charge in [-0.15, -0.1) is 0 Å². The largest absolute Gasteiger partial charge is 0.492 e. The van der Waals surface area contributed by atoms with Gasteiger partial charge in [0.1, 0.15) is 24.2 Å². The molecule has 2 aromatic heterocycles.